The SMILES string of the molecule is CCCNC(CC)CSC(C)CCO. The van der Waals surface area contributed by atoms with E-state index in [-0.39, 0.29) is 0 Å². The first-order valence-electron chi connectivity index (χ1n) is 5.70. The van der Waals surface area contributed by atoms with Gasteiger partial charge in [0.05, 0.1) is 0 Å². The molecule has 0 aromatic heterocycles. The minimum atomic E-state index is 0.313. The van der Waals surface area contributed by atoms with E-state index in [1.165, 1.54) is 12.8 Å². The predicted molar refractivity (Wildman–Crippen MR) is 66.0 cm³/mol. The average Bonchev–Trinajstić information content (AvgIpc) is 2.19. The summed E-state index contributed by atoms with van der Waals surface area (Å²) in [6, 6.07) is 0.640. The first kappa shape index (κ1) is 14.3. The average molecular weight is 219 g/mol. The van der Waals surface area contributed by atoms with Gasteiger partial charge in [0, 0.05) is 23.7 Å². The van der Waals surface area contributed by atoms with Crippen molar-refractivity contribution < 1.29 is 5.11 Å². The Bertz CT molecular complexity index is 122. The molecule has 0 aliphatic carbocycles. The molecule has 0 saturated carbocycles. The normalized spacial score (nSPS) is 15.4. The summed E-state index contributed by atoms with van der Waals surface area (Å²) in [7, 11) is 0. The topological polar surface area (TPSA) is 32.3 Å². The van der Waals surface area contributed by atoms with E-state index in [0.717, 1.165) is 18.7 Å². The van der Waals surface area contributed by atoms with Gasteiger partial charge in [0.15, 0.2) is 0 Å². The molecule has 0 spiro atoms. The van der Waals surface area contributed by atoms with E-state index >= 15 is 0 Å². The monoisotopic (exact) mass is 219 g/mol. The van der Waals surface area contributed by atoms with Gasteiger partial charge >= 0.3 is 0 Å². The summed E-state index contributed by atoms with van der Waals surface area (Å²) in [5.41, 5.74) is 0. The van der Waals surface area contributed by atoms with Crippen LogP contribution in [-0.4, -0.2) is 35.3 Å². The van der Waals surface area contributed by atoms with E-state index in [1.807, 2.05) is 11.8 Å². The minimum absolute atomic E-state index is 0.313. The molecule has 0 aromatic rings. The third-order valence-electron chi connectivity index (χ3n) is 2.29. The van der Waals surface area contributed by atoms with Crippen LogP contribution in [0.25, 0.3) is 0 Å². The van der Waals surface area contributed by atoms with Crippen molar-refractivity contribution in [2.45, 2.75) is 51.3 Å². The molecule has 0 rings (SSSR count). The Morgan fingerprint density at radius 2 is 2.07 bits per heavy atom. The molecule has 2 nitrogen and oxygen atoms in total. The van der Waals surface area contributed by atoms with Gasteiger partial charge in [0.2, 0.25) is 0 Å². The molecule has 86 valence electrons. The summed E-state index contributed by atoms with van der Waals surface area (Å²) in [6.45, 7) is 8.04. The standard InChI is InChI=1S/C11H25NOS/c1-4-7-12-11(5-2)9-14-10(3)6-8-13/h10-13H,4-9H2,1-3H3. The number of nitrogens with one attached hydrogen (secondary N) is 1. The number of thioether (sulfide) groups is 1. The van der Waals surface area contributed by atoms with Crippen LogP contribution in [0.1, 0.15) is 40.0 Å². The van der Waals surface area contributed by atoms with Crippen LogP contribution in [0.4, 0.5) is 0 Å². The summed E-state index contributed by atoms with van der Waals surface area (Å²) >= 11 is 1.96. The highest BCUT2D eigenvalue weighted by Gasteiger charge is 2.08. The number of aliphatic hydroxyl groups is 1. The van der Waals surface area contributed by atoms with Gasteiger partial charge in [0.25, 0.3) is 0 Å². The summed E-state index contributed by atoms with van der Waals surface area (Å²) in [4.78, 5) is 0. The molecular formula is C11H25NOS. The fourth-order valence-corrected chi connectivity index (χ4v) is 2.40. The van der Waals surface area contributed by atoms with E-state index in [2.05, 4.69) is 26.1 Å². The van der Waals surface area contributed by atoms with Gasteiger partial charge < -0.3 is 10.4 Å². The molecule has 2 N–H and O–H groups in total. The van der Waals surface area contributed by atoms with Crippen LogP contribution in [0.15, 0.2) is 0 Å². The van der Waals surface area contributed by atoms with Crippen molar-refractivity contribution in [1.82, 2.24) is 5.32 Å². The van der Waals surface area contributed by atoms with Crippen LogP contribution in [-0.2, 0) is 0 Å². The molecule has 3 heteroatoms. The minimum Gasteiger partial charge on any atom is -0.396 e. The van der Waals surface area contributed by atoms with Crippen LogP contribution < -0.4 is 5.32 Å². The first-order valence-corrected chi connectivity index (χ1v) is 6.75. The van der Waals surface area contributed by atoms with Gasteiger partial charge in [-0.2, -0.15) is 11.8 Å². The second-order valence-electron chi connectivity index (χ2n) is 3.72. The Morgan fingerprint density at radius 3 is 2.57 bits per heavy atom. The molecule has 0 saturated heterocycles. The predicted octanol–water partition coefficient (Wildman–Crippen LogP) is 2.27. The number of hydrogen-bond donors (Lipinski definition) is 2. The molecule has 14 heavy (non-hydrogen) atoms. The lowest BCUT2D eigenvalue weighted by atomic mass is 10.2. The third-order valence-corrected chi connectivity index (χ3v) is 3.69. The molecule has 0 aliphatic heterocycles. The van der Waals surface area contributed by atoms with Crippen LogP contribution in [0.5, 0.6) is 0 Å². The van der Waals surface area contributed by atoms with Gasteiger partial charge in [-0.25, -0.2) is 0 Å². The molecule has 0 radical (unpaired) electrons. The van der Waals surface area contributed by atoms with E-state index < -0.39 is 0 Å². The highest BCUT2D eigenvalue weighted by Crippen LogP contribution is 2.15. The Kier molecular flexibility index (Phi) is 10.0. The summed E-state index contributed by atoms with van der Waals surface area (Å²) in [5, 5.41) is 12.9. The van der Waals surface area contributed by atoms with Gasteiger partial charge in [-0.1, -0.05) is 20.8 Å². The number of aliphatic hydroxyl groups excluding tert-OH is 1. The van der Waals surface area contributed by atoms with Gasteiger partial charge in [-0.05, 0) is 25.8 Å². The second-order valence-corrected chi connectivity index (χ2v) is 5.19. The first-order chi connectivity index (χ1) is 6.74. The maximum Gasteiger partial charge on any atom is 0.0441 e. The van der Waals surface area contributed by atoms with E-state index in [1.54, 1.807) is 0 Å². The smallest absolute Gasteiger partial charge is 0.0441 e. The molecule has 2 atom stereocenters. The van der Waals surface area contributed by atoms with Gasteiger partial charge in [-0.15, -0.1) is 0 Å². The Hall–Kier alpha value is 0.270. The summed E-state index contributed by atoms with van der Waals surface area (Å²) < 4.78 is 0. The Balaban J connectivity index is 3.50. The largest absolute Gasteiger partial charge is 0.396 e. The van der Waals surface area contributed by atoms with Crippen LogP contribution in [0, 0.1) is 0 Å². The molecule has 0 aliphatic rings. The lowest BCUT2D eigenvalue weighted by Crippen LogP contribution is -2.31. The molecule has 0 bridgehead atoms. The van der Waals surface area contributed by atoms with Crippen molar-refractivity contribution in [3.05, 3.63) is 0 Å². The van der Waals surface area contributed by atoms with Crippen LogP contribution in [0.2, 0.25) is 0 Å². The zero-order valence-corrected chi connectivity index (χ0v) is 10.6. The zero-order valence-electron chi connectivity index (χ0n) is 9.75. The maximum atomic E-state index is 8.77. The van der Waals surface area contributed by atoms with E-state index in [9.17, 15) is 0 Å². The van der Waals surface area contributed by atoms with Crippen molar-refractivity contribution in [2.24, 2.45) is 0 Å². The van der Waals surface area contributed by atoms with Crippen molar-refractivity contribution in [3.63, 3.8) is 0 Å². The maximum absolute atomic E-state index is 8.77. The fourth-order valence-electron chi connectivity index (χ4n) is 1.22. The zero-order chi connectivity index (χ0) is 10.8. The molecular weight excluding hydrogens is 194 g/mol. The van der Waals surface area contributed by atoms with Gasteiger partial charge in [0.1, 0.15) is 0 Å². The highest BCUT2D eigenvalue weighted by atomic mass is 32.2. The fraction of sp³-hybridized carbons (Fsp3) is 1.00. The Labute approximate surface area is 92.9 Å². The molecule has 0 fully saturated rings. The van der Waals surface area contributed by atoms with Gasteiger partial charge in [-0.3, -0.25) is 0 Å². The van der Waals surface area contributed by atoms with Crippen LogP contribution >= 0.6 is 11.8 Å². The lowest BCUT2D eigenvalue weighted by molar-refractivity contribution is 0.289. The van der Waals surface area contributed by atoms with E-state index in [4.69, 9.17) is 5.11 Å². The number of hydrogen-bond acceptors (Lipinski definition) is 3. The van der Waals surface area contributed by atoms with Crippen molar-refractivity contribution in [3.8, 4) is 0 Å². The van der Waals surface area contributed by atoms with Crippen LogP contribution in [0.3, 0.4) is 0 Å². The van der Waals surface area contributed by atoms with Crippen molar-refractivity contribution in [1.29, 1.82) is 0 Å². The lowest BCUT2D eigenvalue weighted by Gasteiger charge is -2.18. The summed E-state index contributed by atoms with van der Waals surface area (Å²) in [5.74, 6) is 1.16. The summed E-state index contributed by atoms with van der Waals surface area (Å²) in [6.07, 6.45) is 3.31. The Morgan fingerprint density at radius 1 is 1.36 bits per heavy atom. The molecule has 0 amide bonds. The van der Waals surface area contributed by atoms with Crippen molar-refractivity contribution in [2.75, 3.05) is 18.9 Å². The van der Waals surface area contributed by atoms with E-state index in [0.29, 0.717) is 17.9 Å². The quantitative estimate of drug-likeness (QED) is 0.624. The number of rotatable bonds is 9. The molecule has 0 heterocycles. The molecule has 2 unspecified atom stereocenters. The van der Waals surface area contributed by atoms with Crippen molar-refractivity contribution >= 4 is 11.8 Å². The second kappa shape index (κ2) is 9.81. The highest BCUT2D eigenvalue weighted by molar-refractivity contribution is 7.99. The third kappa shape index (κ3) is 7.65. The molecule has 0 aromatic carbocycles.